The lowest BCUT2D eigenvalue weighted by Crippen LogP contribution is -2.09. The second-order valence-electron chi connectivity index (χ2n) is 12.2. The summed E-state index contributed by atoms with van der Waals surface area (Å²) in [5.41, 5.74) is 12.4. The maximum Gasteiger partial charge on any atom is 0.143 e. The van der Waals surface area contributed by atoms with Gasteiger partial charge < -0.3 is 9.32 Å². The van der Waals surface area contributed by atoms with Crippen LogP contribution >= 0.6 is 0 Å². The molecule has 0 aliphatic heterocycles. The van der Waals surface area contributed by atoms with Gasteiger partial charge in [0.1, 0.15) is 11.2 Å². The molecular weight excluding hydrogens is 583 g/mol. The predicted molar refractivity (Wildman–Crippen MR) is 202 cm³/mol. The van der Waals surface area contributed by atoms with E-state index < -0.39 is 0 Å². The molecule has 0 N–H and O–H groups in total. The monoisotopic (exact) mass is 613 g/mol. The number of benzene rings is 8. The van der Waals surface area contributed by atoms with Crippen molar-refractivity contribution in [3.63, 3.8) is 0 Å². The van der Waals surface area contributed by atoms with Crippen LogP contribution in [-0.4, -0.2) is 0 Å². The highest BCUT2D eigenvalue weighted by Crippen LogP contribution is 2.39. The van der Waals surface area contributed by atoms with E-state index in [-0.39, 0.29) is 0 Å². The van der Waals surface area contributed by atoms with Crippen molar-refractivity contribution in [1.29, 1.82) is 0 Å². The molecule has 0 fully saturated rings. The molecule has 226 valence electrons. The van der Waals surface area contributed by atoms with Crippen LogP contribution < -0.4 is 4.90 Å². The van der Waals surface area contributed by atoms with Gasteiger partial charge in [0.25, 0.3) is 0 Å². The molecule has 8 aromatic carbocycles. The Hall–Kier alpha value is -6.38. The highest BCUT2D eigenvalue weighted by Gasteiger charge is 2.15. The summed E-state index contributed by atoms with van der Waals surface area (Å²) in [5.74, 6) is 0. The molecular formula is C46H31NO. The van der Waals surface area contributed by atoms with E-state index >= 15 is 0 Å². The maximum absolute atomic E-state index is 6.36. The van der Waals surface area contributed by atoms with Crippen LogP contribution in [0.4, 0.5) is 17.1 Å². The van der Waals surface area contributed by atoms with E-state index in [4.69, 9.17) is 4.42 Å². The van der Waals surface area contributed by atoms with E-state index in [1.54, 1.807) is 0 Å². The molecule has 0 spiro atoms. The zero-order chi connectivity index (χ0) is 31.9. The first-order valence-electron chi connectivity index (χ1n) is 16.3. The molecule has 0 aliphatic rings. The Morgan fingerprint density at radius 3 is 1.56 bits per heavy atom. The van der Waals surface area contributed by atoms with Crippen molar-refractivity contribution in [3.8, 4) is 33.4 Å². The molecule has 0 saturated heterocycles. The molecule has 0 unspecified atom stereocenters. The molecule has 2 heteroatoms. The summed E-state index contributed by atoms with van der Waals surface area (Å²) in [6.07, 6.45) is 0. The van der Waals surface area contributed by atoms with Crippen LogP contribution in [-0.2, 0) is 0 Å². The third-order valence-corrected chi connectivity index (χ3v) is 9.28. The molecule has 1 aromatic heterocycles. The Morgan fingerprint density at radius 2 is 0.854 bits per heavy atom. The summed E-state index contributed by atoms with van der Waals surface area (Å²) in [4.78, 5) is 2.31. The highest BCUT2D eigenvalue weighted by atomic mass is 16.3. The van der Waals surface area contributed by atoms with Crippen LogP contribution in [0.25, 0.3) is 66.1 Å². The fourth-order valence-electron chi connectivity index (χ4n) is 6.90. The summed E-state index contributed by atoms with van der Waals surface area (Å²) >= 11 is 0. The largest absolute Gasteiger partial charge is 0.455 e. The number of nitrogens with zero attached hydrogens (tertiary/aromatic N) is 1. The average Bonchev–Trinajstić information content (AvgIpc) is 3.56. The zero-order valence-electron chi connectivity index (χ0n) is 26.3. The number of anilines is 3. The van der Waals surface area contributed by atoms with Crippen LogP contribution in [0.2, 0.25) is 0 Å². The van der Waals surface area contributed by atoms with Gasteiger partial charge in [0, 0.05) is 33.2 Å². The topological polar surface area (TPSA) is 16.4 Å². The van der Waals surface area contributed by atoms with Gasteiger partial charge in [-0.2, -0.15) is 0 Å². The van der Waals surface area contributed by atoms with Crippen molar-refractivity contribution in [3.05, 3.63) is 188 Å². The normalized spacial score (nSPS) is 11.3. The van der Waals surface area contributed by atoms with E-state index in [1.807, 2.05) is 12.1 Å². The molecule has 0 amide bonds. The van der Waals surface area contributed by atoms with Gasteiger partial charge in [0.15, 0.2) is 0 Å². The molecule has 1 heterocycles. The number of hydrogen-bond acceptors (Lipinski definition) is 2. The summed E-state index contributed by atoms with van der Waals surface area (Å²) in [6, 6.07) is 66.8. The Kier molecular flexibility index (Phi) is 6.84. The van der Waals surface area contributed by atoms with Gasteiger partial charge in [0.05, 0.1) is 0 Å². The fourth-order valence-corrected chi connectivity index (χ4v) is 6.90. The van der Waals surface area contributed by atoms with E-state index in [0.29, 0.717) is 0 Å². The fraction of sp³-hybridized carbons (Fsp3) is 0. The molecule has 0 bridgehead atoms. The lowest BCUT2D eigenvalue weighted by Gasteiger charge is -2.26. The van der Waals surface area contributed by atoms with E-state index in [2.05, 4.69) is 181 Å². The number of para-hydroxylation sites is 2. The standard InChI is InChI=1S/C46H31NO/c1-3-11-33(12-4-1)40-15-7-8-16-41(40)34-23-28-39(29-24-34)47(37-13-5-2-6-14-37)38-26-21-32(22-27-38)36-20-19-35-25-30-43-42-17-9-10-18-45(42)48-46(43)44(35)31-36/h1-31H. The van der Waals surface area contributed by atoms with Crippen LogP contribution in [0.5, 0.6) is 0 Å². The van der Waals surface area contributed by atoms with Crippen LogP contribution in [0.3, 0.4) is 0 Å². The minimum Gasteiger partial charge on any atom is -0.455 e. The molecule has 48 heavy (non-hydrogen) atoms. The second-order valence-corrected chi connectivity index (χ2v) is 12.2. The predicted octanol–water partition coefficient (Wildman–Crippen LogP) is 13.2. The number of hydrogen-bond donors (Lipinski definition) is 0. The summed E-state index contributed by atoms with van der Waals surface area (Å²) < 4.78 is 6.36. The number of rotatable bonds is 6. The molecule has 2 nitrogen and oxygen atoms in total. The van der Waals surface area contributed by atoms with Gasteiger partial charge in [-0.1, -0.05) is 133 Å². The summed E-state index contributed by atoms with van der Waals surface area (Å²) in [5, 5.41) is 4.61. The number of furan rings is 1. The smallest absolute Gasteiger partial charge is 0.143 e. The average molecular weight is 614 g/mol. The molecule has 9 rings (SSSR count). The van der Waals surface area contributed by atoms with E-state index in [1.165, 1.54) is 27.6 Å². The maximum atomic E-state index is 6.36. The third kappa shape index (κ3) is 4.92. The van der Waals surface area contributed by atoms with Crippen LogP contribution in [0, 0.1) is 0 Å². The van der Waals surface area contributed by atoms with Crippen molar-refractivity contribution >= 4 is 49.8 Å². The summed E-state index contributed by atoms with van der Waals surface area (Å²) in [6.45, 7) is 0. The van der Waals surface area contributed by atoms with Crippen molar-refractivity contribution in [1.82, 2.24) is 0 Å². The van der Waals surface area contributed by atoms with Gasteiger partial charge in [-0.25, -0.2) is 0 Å². The van der Waals surface area contributed by atoms with Crippen molar-refractivity contribution in [2.45, 2.75) is 0 Å². The van der Waals surface area contributed by atoms with Gasteiger partial charge in [0.2, 0.25) is 0 Å². The molecule has 0 aliphatic carbocycles. The lowest BCUT2D eigenvalue weighted by atomic mass is 9.94. The van der Waals surface area contributed by atoms with Crippen molar-refractivity contribution in [2.75, 3.05) is 4.90 Å². The van der Waals surface area contributed by atoms with Gasteiger partial charge in [-0.3, -0.25) is 0 Å². The quantitative estimate of drug-likeness (QED) is 0.185. The summed E-state index contributed by atoms with van der Waals surface area (Å²) in [7, 11) is 0. The third-order valence-electron chi connectivity index (χ3n) is 9.28. The minimum atomic E-state index is 0.921. The Labute approximate surface area is 279 Å². The SMILES string of the molecule is c1ccc(-c2ccccc2-c2ccc(N(c3ccccc3)c3ccc(-c4ccc5ccc6c7ccccc7oc6c5c4)cc3)cc2)cc1. The first-order valence-corrected chi connectivity index (χ1v) is 16.3. The van der Waals surface area contributed by atoms with Gasteiger partial charge in [-0.05, 0) is 93.4 Å². The van der Waals surface area contributed by atoms with Gasteiger partial charge >= 0.3 is 0 Å². The molecule has 9 aromatic rings. The van der Waals surface area contributed by atoms with E-state index in [9.17, 15) is 0 Å². The zero-order valence-corrected chi connectivity index (χ0v) is 26.3. The van der Waals surface area contributed by atoms with Gasteiger partial charge in [-0.15, -0.1) is 0 Å². The second kappa shape index (κ2) is 11.8. The van der Waals surface area contributed by atoms with E-state index in [0.717, 1.165) is 55.5 Å². The Balaban J connectivity index is 1.08. The first kappa shape index (κ1) is 27.9. The first-order chi connectivity index (χ1) is 23.8. The van der Waals surface area contributed by atoms with Crippen molar-refractivity contribution < 1.29 is 4.42 Å². The molecule has 0 atom stereocenters. The van der Waals surface area contributed by atoms with Crippen LogP contribution in [0.1, 0.15) is 0 Å². The minimum absolute atomic E-state index is 0.921. The lowest BCUT2D eigenvalue weighted by molar-refractivity contribution is 0.672. The Morgan fingerprint density at radius 1 is 0.333 bits per heavy atom. The highest BCUT2D eigenvalue weighted by molar-refractivity contribution is 6.15. The van der Waals surface area contributed by atoms with Crippen molar-refractivity contribution in [2.24, 2.45) is 0 Å². The molecule has 0 saturated carbocycles. The number of fused-ring (bicyclic) bond motifs is 5. The molecule has 0 radical (unpaired) electrons. The van der Waals surface area contributed by atoms with Crippen LogP contribution in [0.15, 0.2) is 192 Å². The Bertz CT molecular complexity index is 2530.